The molecule has 7 heteroatoms. The minimum Gasteiger partial charge on any atom is -0.370 e. The first-order valence-corrected chi connectivity index (χ1v) is 8.71. The smallest absolute Gasteiger partial charge is 0.222 e. The number of aromatic nitrogens is 2. The molecule has 0 aliphatic carbocycles. The Hall–Kier alpha value is -1.56. The first-order valence-electron chi connectivity index (χ1n) is 7.95. The van der Waals surface area contributed by atoms with E-state index in [1.165, 1.54) is 0 Å². The summed E-state index contributed by atoms with van der Waals surface area (Å²) in [6.45, 7) is 1.70. The summed E-state index contributed by atoms with van der Waals surface area (Å²) in [4.78, 5) is 14.3. The number of hydrogen-bond acceptors (Lipinski definition) is 3. The molecule has 2 aromatic rings. The molecule has 1 amide bonds. The SMILES string of the molecule is O=C(CCCc1cn[nH]c1)N1CCO[C@H](c2ccc(Cl)c(Cl)c2)C1. The fourth-order valence-electron chi connectivity index (χ4n) is 2.81. The Morgan fingerprint density at radius 3 is 3.00 bits per heavy atom. The van der Waals surface area contributed by atoms with Gasteiger partial charge in [0.15, 0.2) is 0 Å². The van der Waals surface area contributed by atoms with Crippen molar-refractivity contribution in [3.8, 4) is 0 Å². The number of carbonyl (C=O) groups excluding carboxylic acids is 1. The number of rotatable bonds is 5. The van der Waals surface area contributed by atoms with Crippen LogP contribution in [0.1, 0.15) is 30.1 Å². The van der Waals surface area contributed by atoms with Crippen LogP contribution < -0.4 is 0 Å². The molecule has 1 saturated heterocycles. The van der Waals surface area contributed by atoms with Crippen LogP contribution in [-0.4, -0.2) is 40.7 Å². The molecule has 1 aliphatic rings. The molecule has 0 saturated carbocycles. The summed E-state index contributed by atoms with van der Waals surface area (Å²) in [5, 5.41) is 7.71. The van der Waals surface area contributed by atoms with E-state index < -0.39 is 0 Å². The van der Waals surface area contributed by atoms with E-state index in [1.54, 1.807) is 18.3 Å². The highest BCUT2D eigenvalue weighted by molar-refractivity contribution is 6.42. The summed E-state index contributed by atoms with van der Waals surface area (Å²) in [5.41, 5.74) is 2.07. The fourth-order valence-corrected chi connectivity index (χ4v) is 3.11. The molecular weight excluding hydrogens is 349 g/mol. The van der Waals surface area contributed by atoms with E-state index in [0.29, 0.717) is 36.2 Å². The average molecular weight is 368 g/mol. The minimum absolute atomic E-state index is 0.159. The minimum atomic E-state index is -0.161. The zero-order valence-electron chi connectivity index (χ0n) is 13.2. The van der Waals surface area contributed by atoms with Crippen LogP contribution in [0.5, 0.6) is 0 Å². The first-order chi connectivity index (χ1) is 11.6. The van der Waals surface area contributed by atoms with Crippen molar-refractivity contribution in [1.82, 2.24) is 15.1 Å². The van der Waals surface area contributed by atoms with Gasteiger partial charge >= 0.3 is 0 Å². The molecule has 1 N–H and O–H groups in total. The highest BCUT2D eigenvalue weighted by atomic mass is 35.5. The quantitative estimate of drug-likeness (QED) is 0.877. The maximum absolute atomic E-state index is 12.4. The van der Waals surface area contributed by atoms with Gasteiger partial charge < -0.3 is 9.64 Å². The molecular formula is C17H19Cl2N3O2. The normalized spacial score (nSPS) is 17.9. The van der Waals surface area contributed by atoms with Crippen molar-refractivity contribution in [3.63, 3.8) is 0 Å². The number of carbonyl (C=O) groups is 1. The molecule has 1 aliphatic heterocycles. The second-order valence-corrected chi connectivity index (χ2v) is 6.65. The van der Waals surface area contributed by atoms with Gasteiger partial charge in [-0.1, -0.05) is 29.3 Å². The van der Waals surface area contributed by atoms with Crippen molar-refractivity contribution in [1.29, 1.82) is 0 Å². The number of aryl methyl sites for hydroxylation is 1. The van der Waals surface area contributed by atoms with Crippen LogP contribution >= 0.6 is 23.2 Å². The lowest BCUT2D eigenvalue weighted by Gasteiger charge is -2.33. The Balaban J connectivity index is 1.54. The van der Waals surface area contributed by atoms with Gasteiger partial charge in [0.25, 0.3) is 0 Å². The summed E-state index contributed by atoms with van der Waals surface area (Å²) < 4.78 is 5.79. The third-order valence-electron chi connectivity index (χ3n) is 4.15. The zero-order valence-corrected chi connectivity index (χ0v) is 14.7. The molecule has 1 aromatic heterocycles. The zero-order chi connectivity index (χ0) is 16.9. The number of ether oxygens (including phenoxy) is 1. The monoisotopic (exact) mass is 367 g/mol. The summed E-state index contributed by atoms with van der Waals surface area (Å²) in [7, 11) is 0. The van der Waals surface area contributed by atoms with Crippen LogP contribution in [0.2, 0.25) is 10.0 Å². The van der Waals surface area contributed by atoms with Gasteiger partial charge in [0.2, 0.25) is 5.91 Å². The average Bonchev–Trinajstić information content (AvgIpc) is 3.11. The Morgan fingerprint density at radius 2 is 2.25 bits per heavy atom. The third kappa shape index (κ3) is 4.29. The van der Waals surface area contributed by atoms with E-state index in [4.69, 9.17) is 27.9 Å². The van der Waals surface area contributed by atoms with E-state index in [-0.39, 0.29) is 12.0 Å². The molecule has 5 nitrogen and oxygen atoms in total. The van der Waals surface area contributed by atoms with Crippen LogP contribution in [0.25, 0.3) is 0 Å². The van der Waals surface area contributed by atoms with E-state index in [9.17, 15) is 4.79 Å². The molecule has 1 fully saturated rings. The third-order valence-corrected chi connectivity index (χ3v) is 4.88. The maximum atomic E-state index is 12.4. The number of halogens is 2. The molecule has 128 valence electrons. The number of aromatic amines is 1. The molecule has 1 aromatic carbocycles. The molecule has 0 unspecified atom stereocenters. The highest BCUT2D eigenvalue weighted by Gasteiger charge is 2.25. The molecule has 0 spiro atoms. The summed E-state index contributed by atoms with van der Waals surface area (Å²) >= 11 is 12.0. The largest absolute Gasteiger partial charge is 0.370 e. The molecule has 0 radical (unpaired) electrons. The van der Waals surface area contributed by atoms with Gasteiger partial charge in [-0.25, -0.2) is 0 Å². The number of nitrogens with one attached hydrogen (secondary N) is 1. The number of nitrogens with zero attached hydrogens (tertiary/aromatic N) is 2. The van der Waals surface area contributed by atoms with Crippen LogP contribution in [0, 0.1) is 0 Å². The number of morpholine rings is 1. The van der Waals surface area contributed by atoms with Gasteiger partial charge in [0, 0.05) is 19.2 Å². The van der Waals surface area contributed by atoms with Crippen molar-refractivity contribution in [3.05, 3.63) is 51.8 Å². The first kappa shape index (κ1) is 17.3. The van der Waals surface area contributed by atoms with Crippen molar-refractivity contribution >= 4 is 29.1 Å². The molecule has 0 bridgehead atoms. The summed E-state index contributed by atoms with van der Waals surface area (Å²) in [6, 6.07) is 5.46. The van der Waals surface area contributed by atoms with E-state index in [0.717, 1.165) is 24.0 Å². The second-order valence-electron chi connectivity index (χ2n) is 5.83. The predicted octanol–water partition coefficient (Wildman–Crippen LogP) is 3.64. The van der Waals surface area contributed by atoms with Crippen LogP contribution in [0.3, 0.4) is 0 Å². The Morgan fingerprint density at radius 1 is 1.38 bits per heavy atom. The second kappa shape index (κ2) is 8.01. The number of amides is 1. The topological polar surface area (TPSA) is 58.2 Å². The van der Waals surface area contributed by atoms with E-state index >= 15 is 0 Å². The van der Waals surface area contributed by atoms with Gasteiger partial charge in [-0.2, -0.15) is 5.10 Å². The van der Waals surface area contributed by atoms with Crippen LogP contribution in [0.15, 0.2) is 30.6 Å². The lowest BCUT2D eigenvalue weighted by Crippen LogP contribution is -2.42. The summed E-state index contributed by atoms with van der Waals surface area (Å²) in [5.74, 6) is 0.159. The van der Waals surface area contributed by atoms with E-state index in [2.05, 4.69) is 10.2 Å². The lowest BCUT2D eigenvalue weighted by atomic mass is 10.1. The van der Waals surface area contributed by atoms with Gasteiger partial charge in [0.05, 0.1) is 29.4 Å². The molecule has 24 heavy (non-hydrogen) atoms. The molecule has 2 heterocycles. The maximum Gasteiger partial charge on any atom is 0.222 e. The standard InChI is InChI=1S/C17H19Cl2N3O2/c18-14-5-4-13(8-15(14)19)16-11-22(6-7-24-16)17(23)3-1-2-12-9-20-21-10-12/h4-5,8-10,16H,1-3,6-7,11H2,(H,20,21)/t16-/m0/s1. The lowest BCUT2D eigenvalue weighted by molar-refractivity contribution is -0.139. The van der Waals surface area contributed by atoms with E-state index in [1.807, 2.05) is 17.2 Å². The van der Waals surface area contributed by atoms with Crippen LogP contribution in [0.4, 0.5) is 0 Å². The van der Waals surface area contributed by atoms with Crippen molar-refractivity contribution in [2.45, 2.75) is 25.4 Å². The molecule has 3 rings (SSSR count). The van der Waals surface area contributed by atoms with Crippen molar-refractivity contribution in [2.75, 3.05) is 19.7 Å². The Bertz CT molecular complexity index is 691. The number of H-pyrrole nitrogens is 1. The van der Waals surface area contributed by atoms with Crippen molar-refractivity contribution < 1.29 is 9.53 Å². The number of benzene rings is 1. The number of hydrogen-bond donors (Lipinski definition) is 1. The van der Waals surface area contributed by atoms with Crippen molar-refractivity contribution in [2.24, 2.45) is 0 Å². The fraction of sp³-hybridized carbons (Fsp3) is 0.412. The predicted molar refractivity (Wildman–Crippen MR) is 93.3 cm³/mol. The van der Waals surface area contributed by atoms with Gasteiger partial charge in [-0.05, 0) is 36.1 Å². The Kier molecular flexibility index (Phi) is 5.76. The summed E-state index contributed by atoms with van der Waals surface area (Å²) in [6.07, 6.45) is 5.68. The van der Waals surface area contributed by atoms with Gasteiger partial charge in [-0.3, -0.25) is 9.89 Å². The van der Waals surface area contributed by atoms with Crippen LogP contribution in [-0.2, 0) is 16.0 Å². The highest BCUT2D eigenvalue weighted by Crippen LogP contribution is 2.29. The van der Waals surface area contributed by atoms with Gasteiger partial charge in [-0.15, -0.1) is 0 Å². The Labute approximate surface area is 150 Å². The molecule has 1 atom stereocenters. The van der Waals surface area contributed by atoms with Gasteiger partial charge in [0.1, 0.15) is 6.10 Å².